The summed E-state index contributed by atoms with van der Waals surface area (Å²) < 4.78 is 21.6. The summed E-state index contributed by atoms with van der Waals surface area (Å²) in [5.74, 6) is 4.12. The van der Waals surface area contributed by atoms with Crippen LogP contribution < -0.4 is 18.9 Å². The van der Waals surface area contributed by atoms with Gasteiger partial charge in [0.05, 0.1) is 24.8 Å². The van der Waals surface area contributed by atoms with E-state index in [-0.39, 0.29) is 6.79 Å². The van der Waals surface area contributed by atoms with Crippen LogP contribution in [0.25, 0.3) is 11.0 Å². The van der Waals surface area contributed by atoms with Crippen molar-refractivity contribution >= 4 is 11.0 Å². The second kappa shape index (κ2) is 6.31. The van der Waals surface area contributed by atoms with E-state index in [0.29, 0.717) is 6.61 Å². The zero-order valence-corrected chi connectivity index (χ0v) is 13.4. The summed E-state index contributed by atoms with van der Waals surface area (Å²) in [6, 6.07) is 11.4. The van der Waals surface area contributed by atoms with Crippen molar-refractivity contribution in [3.8, 4) is 23.0 Å². The van der Waals surface area contributed by atoms with E-state index >= 15 is 0 Å². The van der Waals surface area contributed by atoms with Gasteiger partial charge in [-0.25, -0.2) is 4.98 Å². The number of nitrogens with one attached hydrogen (secondary N) is 1. The number of nitrogens with zero attached hydrogens (tertiary/aromatic N) is 1. The molecule has 1 N–H and O–H groups in total. The molecule has 1 aliphatic heterocycles. The van der Waals surface area contributed by atoms with Crippen LogP contribution in [0, 0.1) is 0 Å². The molecule has 2 aromatic carbocycles. The highest BCUT2D eigenvalue weighted by Gasteiger charge is 2.16. The lowest BCUT2D eigenvalue weighted by atomic mass is 10.3. The molecule has 0 radical (unpaired) electrons. The Morgan fingerprint density at radius 1 is 1.08 bits per heavy atom. The van der Waals surface area contributed by atoms with Gasteiger partial charge < -0.3 is 23.9 Å². The summed E-state index contributed by atoms with van der Waals surface area (Å²) in [7, 11) is 1.65. The lowest BCUT2D eigenvalue weighted by Crippen LogP contribution is -2.00. The number of imidazole rings is 1. The Hall–Kier alpha value is -2.89. The first-order valence-electron chi connectivity index (χ1n) is 7.87. The predicted molar refractivity (Wildman–Crippen MR) is 89.0 cm³/mol. The van der Waals surface area contributed by atoms with Gasteiger partial charge in [-0.1, -0.05) is 0 Å². The molecule has 24 heavy (non-hydrogen) atoms. The lowest BCUT2D eigenvalue weighted by Gasteiger charge is -2.06. The number of hydrogen-bond donors (Lipinski definition) is 1. The van der Waals surface area contributed by atoms with Crippen molar-refractivity contribution in [1.29, 1.82) is 0 Å². The standard InChI is InChI=1S/C18H18N2O4/c1-21-12-4-6-13(7-5-12)22-8-2-3-18-19-14-9-16-17(24-11-23-16)10-15(14)20-18/h4-7,9-10H,2-3,8,11H2,1H3,(H,19,20). The van der Waals surface area contributed by atoms with Crippen molar-refractivity contribution in [1.82, 2.24) is 9.97 Å². The van der Waals surface area contributed by atoms with Crippen LogP contribution in [0.3, 0.4) is 0 Å². The third-order valence-electron chi connectivity index (χ3n) is 3.91. The van der Waals surface area contributed by atoms with Gasteiger partial charge in [0.2, 0.25) is 6.79 Å². The molecule has 6 nitrogen and oxygen atoms in total. The summed E-state index contributed by atoms with van der Waals surface area (Å²) in [5.41, 5.74) is 1.86. The number of rotatable bonds is 6. The molecule has 6 heteroatoms. The quantitative estimate of drug-likeness (QED) is 0.704. The third kappa shape index (κ3) is 2.95. The van der Waals surface area contributed by atoms with Crippen molar-refractivity contribution < 1.29 is 18.9 Å². The Balaban J connectivity index is 1.33. The molecule has 2 heterocycles. The average Bonchev–Trinajstić information content (AvgIpc) is 3.22. The van der Waals surface area contributed by atoms with Crippen molar-refractivity contribution in [3.63, 3.8) is 0 Å². The van der Waals surface area contributed by atoms with Crippen molar-refractivity contribution in [2.45, 2.75) is 12.8 Å². The van der Waals surface area contributed by atoms with Crippen molar-refractivity contribution in [2.75, 3.05) is 20.5 Å². The molecule has 0 aliphatic carbocycles. The molecule has 0 unspecified atom stereocenters. The molecule has 0 amide bonds. The Labute approximate surface area is 139 Å². The summed E-state index contributed by atoms with van der Waals surface area (Å²) >= 11 is 0. The van der Waals surface area contributed by atoms with Gasteiger partial charge in [0.15, 0.2) is 11.5 Å². The van der Waals surface area contributed by atoms with E-state index in [9.17, 15) is 0 Å². The maximum absolute atomic E-state index is 5.73. The first kappa shape index (κ1) is 14.7. The molecule has 0 saturated heterocycles. The highest BCUT2D eigenvalue weighted by Crippen LogP contribution is 2.35. The van der Waals surface area contributed by atoms with E-state index in [2.05, 4.69) is 9.97 Å². The van der Waals surface area contributed by atoms with Crippen molar-refractivity contribution in [3.05, 3.63) is 42.2 Å². The van der Waals surface area contributed by atoms with Crippen LogP contribution in [-0.2, 0) is 6.42 Å². The maximum atomic E-state index is 5.73. The van der Waals surface area contributed by atoms with Crippen LogP contribution in [0.15, 0.2) is 36.4 Å². The van der Waals surface area contributed by atoms with Gasteiger partial charge in [-0.3, -0.25) is 0 Å². The van der Waals surface area contributed by atoms with E-state index in [4.69, 9.17) is 18.9 Å². The molecule has 4 rings (SSSR count). The molecule has 1 aliphatic rings. The van der Waals surface area contributed by atoms with E-state index < -0.39 is 0 Å². The van der Waals surface area contributed by atoms with Crippen molar-refractivity contribution in [2.24, 2.45) is 0 Å². The molecule has 0 fully saturated rings. The van der Waals surface area contributed by atoms with Crippen LogP contribution in [0.4, 0.5) is 0 Å². The van der Waals surface area contributed by atoms with Gasteiger partial charge in [-0.15, -0.1) is 0 Å². The highest BCUT2D eigenvalue weighted by molar-refractivity contribution is 5.80. The first-order chi connectivity index (χ1) is 11.8. The van der Waals surface area contributed by atoms with E-state index in [1.165, 1.54) is 0 Å². The van der Waals surface area contributed by atoms with E-state index in [1.54, 1.807) is 7.11 Å². The molecule has 0 atom stereocenters. The summed E-state index contributed by atoms with van der Waals surface area (Å²) in [6.45, 7) is 0.906. The number of H-pyrrole nitrogens is 1. The predicted octanol–water partition coefficient (Wildman–Crippen LogP) is 3.31. The molecule has 0 bridgehead atoms. The molecule has 0 saturated carbocycles. The fraction of sp³-hybridized carbons (Fsp3) is 0.278. The minimum Gasteiger partial charge on any atom is -0.497 e. The van der Waals surface area contributed by atoms with Gasteiger partial charge in [-0.05, 0) is 30.7 Å². The Morgan fingerprint density at radius 3 is 2.62 bits per heavy atom. The van der Waals surface area contributed by atoms with Crippen LogP contribution in [0.2, 0.25) is 0 Å². The minimum atomic E-state index is 0.275. The molecular formula is C18H18N2O4. The van der Waals surface area contributed by atoms with E-state index in [0.717, 1.165) is 52.7 Å². The smallest absolute Gasteiger partial charge is 0.231 e. The second-order valence-electron chi connectivity index (χ2n) is 5.53. The topological polar surface area (TPSA) is 65.6 Å². The molecular weight excluding hydrogens is 308 g/mol. The number of aromatic nitrogens is 2. The Bertz CT molecular complexity index is 801. The molecule has 124 valence electrons. The summed E-state index contributed by atoms with van der Waals surface area (Å²) in [5, 5.41) is 0. The number of aromatic amines is 1. The Kier molecular flexibility index (Phi) is 3.86. The molecule has 0 spiro atoms. The zero-order valence-electron chi connectivity index (χ0n) is 13.4. The number of ether oxygens (including phenoxy) is 4. The maximum Gasteiger partial charge on any atom is 0.231 e. The molecule has 1 aromatic heterocycles. The number of methoxy groups -OCH3 is 1. The molecule has 3 aromatic rings. The summed E-state index contributed by atoms with van der Waals surface area (Å²) in [6.07, 6.45) is 1.69. The SMILES string of the molecule is COc1ccc(OCCCc2nc3cc4c(cc3[nH]2)OCO4)cc1. The monoisotopic (exact) mass is 326 g/mol. The van der Waals surface area contributed by atoms with E-state index in [1.807, 2.05) is 36.4 Å². The average molecular weight is 326 g/mol. The third-order valence-corrected chi connectivity index (χ3v) is 3.91. The number of fused-ring (bicyclic) bond motifs is 2. The van der Waals surface area contributed by atoms with Gasteiger partial charge in [0.25, 0.3) is 0 Å². The van der Waals surface area contributed by atoms with Crippen LogP contribution in [-0.4, -0.2) is 30.5 Å². The first-order valence-corrected chi connectivity index (χ1v) is 7.87. The van der Waals surface area contributed by atoms with Crippen LogP contribution in [0.1, 0.15) is 12.2 Å². The highest BCUT2D eigenvalue weighted by atomic mass is 16.7. The van der Waals surface area contributed by atoms with Gasteiger partial charge in [-0.2, -0.15) is 0 Å². The summed E-state index contributed by atoms with van der Waals surface area (Å²) in [4.78, 5) is 7.91. The Morgan fingerprint density at radius 2 is 1.83 bits per heavy atom. The fourth-order valence-electron chi connectivity index (χ4n) is 2.67. The van der Waals surface area contributed by atoms with Crippen LogP contribution in [0.5, 0.6) is 23.0 Å². The number of benzene rings is 2. The fourth-order valence-corrected chi connectivity index (χ4v) is 2.67. The minimum absolute atomic E-state index is 0.275. The van der Waals surface area contributed by atoms with Crippen LogP contribution >= 0.6 is 0 Å². The second-order valence-corrected chi connectivity index (χ2v) is 5.53. The normalized spacial score (nSPS) is 12.5. The zero-order chi connectivity index (χ0) is 16.4. The lowest BCUT2D eigenvalue weighted by molar-refractivity contribution is 0.174. The number of aryl methyl sites for hydroxylation is 1. The van der Waals surface area contributed by atoms with Gasteiger partial charge in [0, 0.05) is 18.6 Å². The number of hydrogen-bond acceptors (Lipinski definition) is 5. The van der Waals surface area contributed by atoms with Gasteiger partial charge >= 0.3 is 0 Å². The largest absolute Gasteiger partial charge is 0.497 e. The van der Waals surface area contributed by atoms with Gasteiger partial charge in [0.1, 0.15) is 17.3 Å².